The number of hydrogen-bond donors (Lipinski definition) is 0. The molecule has 4 heteroatoms. The lowest BCUT2D eigenvalue weighted by Crippen LogP contribution is -2.36. The van der Waals surface area contributed by atoms with Gasteiger partial charge in [-0.05, 0) is 24.5 Å². The third-order valence-electron chi connectivity index (χ3n) is 5.55. The van der Waals surface area contributed by atoms with Crippen LogP contribution in [0.25, 0.3) is 0 Å². The maximum Gasteiger partial charge on any atom is 0.226 e. The highest BCUT2D eigenvalue weighted by Gasteiger charge is 2.36. The first-order valence-electron chi connectivity index (χ1n) is 10.0. The number of ether oxygens (including phenoxy) is 1. The molecule has 1 aliphatic heterocycles. The molecule has 2 aromatic rings. The molecule has 142 valence electrons. The molecule has 1 saturated carbocycles. The van der Waals surface area contributed by atoms with Gasteiger partial charge in [0, 0.05) is 23.8 Å². The summed E-state index contributed by atoms with van der Waals surface area (Å²) in [5.74, 6) is 2.46. The minimum atomic E-state index is 0.0754. The molecule has 0 spiro atoms. The van der Waals surface area contributed by atoms with Crippen molar-refractivity contribution >= 4 is 17.7 Å². The van der Waals surface area contributed by atoms with E-state index >= 15 is 0 Å². The average molecular weight is 382 g/mol. The Kier molecular flexibility index (Phi) is 6.03. The number of amides is 1. The van der Waals surface area contributed by atoms with Gasteiger partial charge in [0.15, 0.2) is 0 Å². The summed E-state index contributed by atoms with van der Waals surface area (Å²) >= 11 is 1.86. The number of carbonyl (C=O) groups is 1. The van der Waals surface area contributed by atoms with Gasteiger partial charge in [-0.2, -0.15) is 0 Å². The van der Waals surface area contributed by atoms with E-state index in [4.69, 9.17) is 4.74 Å². The first kappa shape index (κ1) is 18.4. The summed E-state index contributed by atoms with van der Waals surface area (Å²) in [4.78, 5) is 15.2. The van der Waals surface area contributed by atoms with Gasteiger partial charge in [-0.1, -0.05) is 67.8 Å². The highest BCUT2D eigenvalue weighted by atomic mass is 32.2. The maximum absolute atomic E-state index is 13.1. The summed E-state index contributed by atoms with van der Waals surface area (Å²) < 4.78 is 6.16. The van der Waals surface area contributed by atoms with E-state index in [1.807, 2.05) is 48.2 Å². The summed E-state index contributed by atoms with van der Waals surface area (Å²) in [6, 6.07) is 18.4. The molecule has 0 radical (unpaired) electrons. The Morgan fingerprint density at radius 3 is 2.56 bits per heavy atom. The molecule has 0 aromatic heterocycles. The van der Waals surface area contributed by atoms with E-state index in [2.05, 4.69) is 23.1 Å². The topological polar surface area (TPSA) is 29.5 Å². The first-order chi connectivity index (χ1) is 13.3. The van der Waals surface area contributed by atoms with Crippen LogP contribution < -0.4 is 4.74 Å². The van der Waals surface area contributed by atoms with E-state index in [0.717, 1.165) is 42.0 Å². The van der Waals surface area contributed by atoms with Crippen LogP contribution in [0.4, 0.5) is 0 Å². The number of para-hydroxylation sites is 1. The zero-order valence-corrected chi connectivity index (χ0v) is 16.5. The number of hydrogen-bond acceptors (Lipinski definition) is 3. The van der Waals surface area contributed by atoms with Gasteiger partial charge in [0.1, 0.15) is 17.7 Å². The minimum absolute atomic E-state index is 0.0754. The molecular weight excluding hydrogens is 354 g/mol. The maximum atomic E-state index is 13.1. The summed E-state index contributed by atoms with van der Waals surface area (Å²) in [6.45, 7) is 1.39. The average Bonchev–Trinajstić information content (AvgIpc) is 3.23. The van der Waals surface area contributed by atoms with E-state index in [9.17, 15) is 4.79 Å². The van der Waals surface area contributed by atoms with E-state index in [0.29, 0.717) is 12.5 Å². The molecule has 1 amide bonds. The second-order valence-corrected chi connectivity index (χ2v) is 8.59. The van der Waals surface area contributed by atoms with E-state index in [1.54, 1.807) is 0 Å². The standard InChI is InChI=1S/C23H27NO2S/c25-22(19-11-5-2-6-12-19)24-15-16-27-23(24)20-13-7-8-14-21(20)26-17-18-9-3-1-4-10-18/h1,3-4,7-10,13-14,19,23H,2,5-6,11-12,15-17H2/t23-/m1/s1. The lowest BCUT2D eigenvalue weighted by Gasteiger charge is -2.30. The summed E-state index contributed by atoms with van der Waals surface area (Å²) in [5.41, 5.74) is 2.28. The molecule has 1 heterocycles. The lowest BCUT2D eigenvalue weighted by molar-refractivity contribution is -0.136. The predicted octanol–water partition coefficient (Wildman–Crippen LogP) is 5.42. The number of nitrogens with zero attached hydrogens (tertiary/aromatic N) is 1. The lowest BCUT2D eigenvalue weighted by atomic mass is 9.88. The van der Waals surface area contributed by atoms with Gasteiger partial charge in [0.25, 0.3) is 0 Å². The Morgan fingerprint density at radius 2 is 1.74 bits per heavy atom. The number of benzene rings is 2. The van der Waals surface area contributed by atoms with Gasteiger partial charge in [0.2, 0.25) is 5.91 Å². The van der Waals surface area contributed by atoms with Crippen molar-refractivity contribution in [3.05, 3.63) is 65.7 Å². The zero-order valence-electron chi connectivity index (χ0n) is 15.7. The van der Waals surface area contributed by atoms with Crippen LogP contribution in [0.5, 0.6) is 5.75 Å². The highest BCUT2D eigenvalue weighted by molar-refractivity contribution is 7.99. The fourth-order valence-electron chi connectivity index (χ4n) is 4.09. The van der Waals surface area contributed by atoms with Crippen LogP contribution in [0.1, 0.15) is 48.6 Å². The molecule has 4 rings (SSSR count). The number of rotatable bonds is 5. The summed E-state index contributed by atoms with van der Waals surface area (Å²) in [7, 11) is 0. The Morgan fingerprint density at radius 1 is 1.00 bits per heavy atom. The van der Waals surface area contributed by atoms with Crippen molar-refractivity contribution in [2.75, 3.05) is 12.3 Å². The van der Waals surface area contributed by atoms with Crippen molar-refractivity contribution in [1.29, 1.82) is 0 Å². The molecule has 2 aromatic carbocycles. The van der Waals surface area contributed by atoms with Crippen molar-refractivity contribution < 1.29 is 9.53 Å². The molecule has 2 aliphatic rings. The van der Waals surface area contributed by atoms with Crippen LogP contribution in [0.15, 0.2) is 54.6 Å². The van der Waals surface area contributed by atoms with Crippen LogP contribution in [-0.4, -0.2) is 23.1 Å². The smallest absolute Gasteiger partial charge is 0.226 e. The Hall–Kier alpha value is -1.94. The largest absolute Gasteiger partial charge is 0.489 e. The predicted molar refractivity (Wildman–Crippen MR) is 111 cm³/mol. The van der Waals surface area contributed by atoms with Gasteiger partial charge in [0.05, 0.1) is 0 Å². The first-order valence-corrected chi connectivity index (χ1v) is 11.1. The van der Waals surface area contributed by atoms with Gasteiger partial charge < -0.3 is 9.64 Å². The zero-order chi connectivity index (χ0) is 18.5. The Bertz CT molecular complexity index is 758. The molecule has 2 fully saturated rings. The van der Waals surface area contributed by atoms with Gasteiger partial charge >= 0.3 is 0 Å². The highest BCUT2D eigenvalue weighted by Crippen LogP contribution is 2.43. The molecule has 0 unspecified atom stereocenters. The van der Waals surface area contributed by atoms with E-state index in [-0.39, 0.29) is 11.3 Å². The third-order valence-corrected chi connectivity index (χ3v) is 6.79. The third kappa shape index (κ3) is 4.32. The fourth-order valence-corrected chi connectivity index (χ4v) is 5.38. The van der Waals surface area contributed by atoms with Crippen LogP contribution in [0, 0.1) is 5.92 Å². The van der Waals surface area contributed by atoms with Crippen LogP contribution in [0.3, 0.4) is 0 Å². The molecule has 0 N–H and O–H groups in total. The van der Waals surface area contributed by atoms with Gasteiger partial charge in [-0.15, -0.1) is 11.8 Å². The van der Waals surface area contributed by atoms with Crippen molar-refractivity contribution in [2.24, 2.45) is 5.92 Å². The van der Waals surface area contributed by atoms with Crippen molar-refractivity contribution in [3.8, 4) is 5.75 Å². The van der Waals surface area contributed by atoms with Crippen LogP contribution >= 0.6 is 11.8 Å². The molecule has 1 atom stereocenters. The van der Waals surface area contributed by atoms with Crippen LogP contribution in [0.2, 0.25) is 0 Å². The van der Waals surface area contributed by atoms with Crippen molar-refractivity contribution in [1.82, 2.24) is 4.90 Å². The number of thioether (sulfide) groups is 1. The van der Waals surface area contributed by atoms with E-state index in [1.165, 1.54) is 19.3 Å². The molecule has 27 heavy (non-hydrogen) atoms. The second-order valence-electron chi connectivity index (χ2n) is 7.40. The second kappa shape index (κ2) is 8.83. The molecular formula is C23H27NO2S. The normalized spacial score (nSPS) is 20.6. The Labute approximate surface area is 166 Å². The van der Waals surface area contributed by atoms with Crippen molar-refractivity contribution in [2.45, 2.75) is 44.1 Å². The van der Waals surface area contributed by atoms with Gasteiger partial charge in [-0.3, -0.25) is 4.79 Å². The summed E-state index contributed by atoms with van der Waals surface area (Å²) in [6.07, 6.45) is 5.77. The summed E-state index contributed by atoms with van der Waals surface area (Å²) in [5, 5.41) is 0.0754. The van der Waals surface area contributed by atoms with Crippen molar-refractivity contribution in [3.63, 3.8) is 0 Å². The number of carbonyl (C=O) groups excluding carboxylic acids is 1. The monoisotopic (exact) mass is 381 g/mol. The quantitative estimate of drug-likeness (QED) is 0.692. The SMILES string of the molecule is O=C(C1CCCCC1)N1CCS[C@@H]1c1ccccc1OCc1ccccc1. The molecule has 1 aliphatic carbocycles. The Balaban J connectivity index is 1.50. The minimum Gasteiger partial charge on any atom is -0.489 e. The molecule has 3 nitrogen and oxygen atoms in total. The van der Waals surface area contributed by atoms with E-state index < -0.39 is 0 Å². The van der Waals surface area contributed by atoms with Crippen LogP contribution in [-0.2, 0) is 11.4 Å². The fraction of sp³-hybridized carbons (Fsp3) is 0.435. The molecule has 0 bridgehead atoms. The molecule has 1 saturated heterocycles. The van der Waals surface area contributed by atoms with Gasteiger partial charge in [-0.25, -0.2) is 0 Å².